The molecule has 0 aliphatic carbocycles. The van der Waals surface area contributed by atoms with Crippen LogP contribution in [0.5, 0.6) is 0 Å². The Balaban J connectivity index is 1.92. The summed E-state index contributed by atoms with van der Waals surface area (Å²) in [5.74, 6) is 1.50. The molecule has 0 radical (unpaired) electrons. The summed E-state index contributed by atoms with van der Waals surface area (Å²) in [6.45, 7) is 0. The highest BCUT2D eigenvalue weighted by Crippen LogP contribution is 2.29. The Hall–Kier alpha value is -3.34. The second-order valence-electron chi connectivity index (χ2n) is 5.15. The van der Waals surface area contributed by atoms with Crippen LogP contribution < -0.4 is 11.5 Å². The average molecular weight is 304 g/mol. The van der Waals surface area contributed by atoms with E-state index in [0.29, 0.717) is 16.9 Å². The molecule has 0 fully saturated rings. The quantitative estimate of drug-likeness (QED) is 0.438. The molecule has 0 atom stereocenters. The van der Waals surface area contributed by atoms with Crippen molar-refractivity contribution < 1.29 is 4.42 Å². The van der Waals surface area contributed by atoms with E-state index in [1.807, 2.05) is 42.5 Å². The number of rotatable bonds is 4. The molecular formula is C18H16N4O. The Labute approximate surface area is 133 Å². The number of hydrogen-bond donors (Lipinski definition) is 4. The summed E-state index contributed by atoms with van der Waals surface area (Å²) in [6.07, 6.45) is 0. The topological polar surface area (TPSA) is 113 Å². The molecule has 2 aromatic carbocycles. The molecule has 1 heterocycles. The van der Waals surface area contributed by atoms with Crippen molar-refractivity contribution in [3.63, 3.8) is 0 Å². The minimum atomic E-state index is 0.0263. The summed E-state index contributed by atoms with van der Waals surface area (Å²) >= 11 is 0. The van der Waals surface area contributed by atoms with Crippen molar-refractivity contribution in [1.82, 2.24) is 0 Å². The Kier molecular flexibility index (Phi) is 3.68. The molecule has 1 aromatic heterocycles. The molecule has 0 unspecified atom stereocenters. The highest BCUT2D eigenvalue weighted by Gasteiger charge is 2.08. The van der Waals surface area contributed by atoms with Crippen LogP contribution in [0.15, 0.2) is 65.1 Å². The van der Waals surface area contributed by atoms with Crippen molar-refractivity contribution in [3.05, 3.63) is 71.8 Å². The van der Waals surface area contributed by atoms with E-state index in [-0.39, 0.29) is 11.7 Å². The van der Waals surface area contributed by atoms with Crippen LogP contribution in [0.25, 0.3) is 22.6 Å². The van der Waals surface area contributed by atoms with Crippen LogP contribution in [0, 0.1) is 10.8 Å². The largest absolute Gasteiger partial charge is 0.456 e. The summed E-state index contributed by atoms with van der Waals surface area (Å²) in [6, 6.07) is 18.4. The number of nitrogens with one attached hydrogen (secondary N) is 2. The van der Waals surface area contributed by atoms with Gasteiger partial charge in [-0.15, -0.1) is 0 Å². The van der Waals surface area contributed by atoms with Gasteiger partial charge in [0.25, 0.3) is 0 Å². The summed E-state index contributed by atoms with van der Waals surface area (Å²) in [5.41, 5.74) is 14.1. The number of benzene rings is 2. The Morgan fingerprint density at radius 3 is 1.91 bits per heavy atom. The predicted molar refractivity (Wildman–Crippen MR) is 91.6 cm³/mol. The maximum absolute atomic E-state index is 7.51. The molecule has 5 heteroatoms. The van der Waals surface area contributed by atoms with Crippen molar-refractivity contribution >= 4 is 11.7 Å². The zero-order valence-electron chi connectivity index (χ0n) is 12.3. The van der Waals surface area contributed by atoms with E-state index in [1.54, 1.807) is 18.2 Å². The molecule has 0 spiro atoms. The van der Waals surface area contributed by atoms with E-state index >= 15 is 0 Å². The molecule has 23 heavy (non-hydrogen) atoms. The number of amidine groups is 2. The van der Waals surface area contributed by atoms with Crippen LogP contribution in [0.1, 0.15) is 11.1 Å². The van der Waals surface area contributed by atoms with E-state index < -0.39 is 0 Å². The van der Waals surface area contributed by atoms with E-state index in [2.05, 4.69) is 0 Å². The highest BCUT2D eigenvalue weighted by molar-refractivity contribution is 5.96. The zero-order valence-corrected chi connectivity index (χ0v) is 12.3. The van der Waals surface area contributed by atoms with Gasteiger partial charge < -0.3 is 15.9 Å². The molecule has 3 rings (SSSR count). The van der Waals surface area contributed by atoms with Gasteiger partial charge in [0.2, 0.25) is 0 Å². The van der Waals surface area contributed by atoms with Gasteiger partial charge in [-0.1, -0.05) is 42.5 Å². The first-order chi connectivity index (χ1) is 11.0. The van der Waals surface area contributed by atoms with E-state index in [4.69, 9.17) is 26.7 Å². The molecule has 5 nitrogen and oxygen atoms in total. The van der Waals surface area contributed by atoms with Gasteiger partial charge in [0.15, 0.2) is 0 Å². The molecule has 114 valence electrons. The summed E-state index contributed by atoms with van der Waals surface area (Å²) in [4.78, 5) is 0. The lowest BCUT2D eigenvalue weighted by Crippen LogP contribution is -2.10. The molecule has 0 aliphatic rings. The van der Waals surface area contributed by atoms with Crippen molar-refractivity contribution in [2.24, 2.45) is 11.5 Å². The predicted octanol–water partition coefficient (Wildman–Crippen LogP) is 3.18. The van der Waals surface area contributed by atoms with Crippen molar-refractivity contribution in [1.29, 1.82) is 10.8 Å². The molecular weight excluding hydrogens is 288 g/mol. The van der Waals surface area contributed by atoms with Crippen LogP contribution in [0.2, 0.25) is 0 Å². The minimum Gasteiger partial charge on any atom is -0.456 e. The van der Waals surface area contributed by atoms with Crippen molar-refractivity contribution in [3.8, 4) is 22.6 Å². The van der Waals surface area contributed by atoms with Gasteiger partial charge in [0.1, 0.15) is 23.2 Å². The molecule has 0 saturated carbocycles. The van der Waals surface area contributed by atoms with Crippen LogP contribution >= 0.6 is 0 Å². The maximum Gasteiger partial charge on any atom is 0.134 e. The fraction of sp³-hybridized carbons (Fsp3) is 0. The second-order valence-corrected chi connectivity index (χ2v) is 5.15. The first-order valence-electron chi connectivity index (χ1n) is 7.04. The molecule has 3 aromatic rings. The SMILES string of the molecule is N=C(N)c1ccc(-c2ccc(-c3cccc(C(=N)N)c3)o2)cc1. The Morgan fingerprint density at radius 1 is 0.696 bits per heavy atom. The fourth-order valence-electron chi connectivity index (χ4n) is 2.30. The standard InChI is InChI=1S/C18H16N4O/c19-17(20)12-6-4-11(5-7-12)15-8-9-16(23-15)13-2-1-3-14(10-13)18(21)22/h1-10H,(H3,19,20)(H3,21,22). The zero-order chi connectivity index (χ0) is 16.4. The van der Waals surface area contributed by atoms with Gasteiger partial charge in [0.05, 0.1) is 0 Å². The summed E-state index contributed by atoms with van der Waals surface area (Å²) < 4.78 is 5.89. The third kappa shape index (κ3) is 2.98. The fourth-order valence-corrected chi connectivity index (χ4v) is 2.30. The Bertz CT molecular complexity index is 878. The van der Waals surface area contributed by atoms with Gasteiger partial charge in [-0.3, -0.25) is 10.8 Å². The summed E-state index contributed by atoms with van der Waals surface area (Å²) in [7, 11) is 0. The normalized spacial score (nSPS) is 10.4. The number of furan rings is 1. The van der Waals surface area contributed by atoms with Crippen LogP contribution in [0.3, 0.4) is 0 Å². The molecule has 0 bridgehead atoms. The molecule has 0 aliphatic heterocycles. The van der Waals surface area contributed by atoms with Gasteiger partial charge in [0, 0.05) is 22.3 Å². The number of hydrogen-bond acceptors (Lipinski definition) is 3. The van der Waals surface area contributed by atoms with E-state index in [0.717, 1.165) is 16.9 Å². The van der Waals surface area contributed by atoms with Crippen LogP contribution in [0.4, 0.5) is 0 Å². The van der Waals surface area contributed by atoms with E-state index in [1.165, 1.54) is 0 Å². The lowest BCUT2D eigenvalue weighted by Gasteiger charge is -2.02. The van der Waals surface area contributed by atoms with Gasteiger partial charge in [-0.2, -0.15) is 0 Å². The highest BCUT2D eigenvalue weighted by atomic mass is 16.3. The maximum atomic E-state index is 7.51. The number of nitrogens with two attached hydrogens (primary N) is 2. The molecule has 0 saturated heterocycles. The lowest BCUT2D eigenvalue weighted by molar-refractivity contribution is 0.597. The number of nitrogen functional groups attached to an aromatic ring is 2. The van der Waals surface area contributed by atoms with Crippen molar-refractivity contribution in [2.75, 3.05) is 0 Å². The Morgan fingerprint density at radius 2 is 1.30 bits per heavy atom. The molecule has 6 N–H and O–H groups in total. The second kappa shape index (κ2) is 5.81. The van der Waals surface area contributed by atoms with Gasteiger partial charge in [-0.25, -0.2) is 0 Å². The van der Waals surface area contributed by atoms with Crippen molar-refractivity contribution in [2.45, 2.75) is 0 Å². The minimum absolute atomic E-state index is 0.0263. The third-order valence-electron chi connectivity index (χ3n) is 3.54. The smallest absolute Gasteiger partial charge is 0.134 e. The lowest BCUT2D eigenvalue weighted by atomic mass is 10.1. The average Bonchev–Trinajstić information content (AvgIpc) is 3.05. The monoisotopic (exact) mass is 304 g/mol. The van der Waals surface area contributed by atoms with Crippen LogP contribution in [-0.2, 0) is 0 Å². The van der Waals surface area contributed by atoms with Gasteiger partial charge >= 0.3 is 0 Å². The van der Waals surface area contributed by atoms with Gasteiger partial charge in [-0.05, 0) is 18.2 Å². The summed E-state index contributed by atoms with van der Waals surface area (Å²) in [5, 5.41) is 14.9. The van der Waals surface area contributed by atoms with E-state index in [9.17, 15) is 0 Å². The third-order valence-corrected chi connectivity index (χ3v) is 3.54. The van der Waals surface area contributed by atoms with Crippen LogP contribution in [-0.4, -0.2) is 11.7 Å². The molecule has 0 amide bonds. The first-order valence-corrected chi connectivity index (χ1v) is 7.04. The first kappa shape index (κ1) is 14.6.